The fraction of sp³-hybridized carbons (Fsp3) is 0.111. The molecule has 0 aliphatic carbocycles. The van der Waals surface area contributed by atoms with E-state index < -0.39 is 18.4 Å². The highest BCUT2D eigenvalue weighted by Gasteiger charge is 2.24. The van der Waals surface area contributed by atoms with E-state index in [9.17, 15) is 18.0 Å². The van der Waals surface area contributed by atoms with Gasteiger partial charge in [0.15, 0.2) is 17.2 Å². The van der Waals surface area contributed by atoms with Crippen LogP contribution in [0.5, 0.6) is 11.5 Å². The molecule has 3 rings (SSSR count). The number of benzene rings is 2. The van der Waals surface area contributed by atoms with Crippen molar-refractivity contribution in [2.45, 2.75) is 6.61 Å². The Kier molecular flexibility index (Phi) is 4.92. The molecular formula is C18H12F3NO4. The molecule has 26 heavy (non-hydrogen) atoms. The first-order valence-corrected chi connectivity index (χ1v) is 7.37. The van der Waals surface area contributed by atoms with Gasteiger partial charge < -0.3 is 14.2 Å². The van der Waals surface area contributed by atoms with E-state index in [-0.39, 0.29) is 23.1 Å². The molecule has 0 unspecified atom stereocenters. The van der Waals surface area contributed by atoms with E-state index in [1.807, 2.05) is 0 Å². The summed E-state index contributed by atoms with van der Waals surface area (Å²) in [5, 5.41) is 0. The van der Waals surface area contributed by atoms with E-state index in [0.717, 1.165) is 0 Å². The van der Waals surface area contributed by atoms with Gasteiger partial charge in [-0.2, -0.15) is 8.78 Å². The molecule has 0 saturated heterocycles. The van der Waals surface area contributed by atoms with Crippen LogP contribution in [0.15, 0.2) is 53.2 Å². The minimum Gasteiger partial charge on any atom is -0.493 e. The molecule has 0 radical (unpaired) electrons. The van der Waals surface area contributed by atoms with Crippen molar-refractivity contribution in [1.29, 1.82) is 0 Å². The van der Waals surface area contributed by atoms with E-state index in [4.69, 9.17) is 9.47 Å². The van der Waals surface area contributed by atoms with Crippen molar-refractivity contribution < 1.29 is 32.2 Å². The van der Waals surface area contributed by atoms with Crippen LogP contribution < -0.4 is 9.47 Å². The number of hydrogen-bond donors (Lipinski definition) is 0. The summed E-state index contributed by atoms with van der Waals surface area (Å²) in [6, 6.07) is 9.66. The molecule has 0 amide bonds. The lowest BCUT2D eigenvalue weighted by Gasteiger charge is -2.10. The first-order valence-electron chi connectivity index (χ1n) is 7.37. The largest absolute Gasteiger partial charge is 0.493 e. The molecule has 1 aliphatic heterocycles. The van der Waals surface area contributed by atoms with E-state index in [1.54, 1.807) is 6.07 Å². The predicted molar refractivity (Wildman–Crippen MR) is 86.6 cm³/mol. The van der Waals surface area contributed by atoms with Crippen molar-refractivity contribution in [3.05, 3.63) is 65.1 Å². The van der Waals surface area contributed by atoms with Crippen LogP contribution in [0.3, 0.4) is 0 Å². The molecule has 0 spiro atoms. The van der Waals surface area contributed by atoms with Gasteiger partial charge in [0, 0.05) is 5.56 Å². The molecule has 0 atom stereocenters. The van der Waals surface area contributed by atoms with Gasteiger partial charge in [-0.05, 0) is 42.0 Å². The number of nitrogens with zero attached hydrogens (tertiary/aromatic N) is 1. The Hall–Kier alpha value is -3.29. The van der Waals surface area contributed by atoms with Crippen LogP contribution in [0.4, 0.5) is 13.2 Å². The maximum Gasteiger partial charge on any atom is 0.387 e. The Morgan fingerprint density at radius 2 is 1.96 bits per heavy atom. The topological polar surface area (TPSA) is 57.1 Å². The van der Waals surface area contributed by atoms with Gasteiger partial charge in [-0.15, -0.1) is 0 Å². The third-order valence-corrected chi connectivity index (χ3v) is 3.40. The van der Waals surface area contributed by atoms with E-state index >= 15 is 0 Å². The SMILES string of the molecule is COc1ccc(/C=C2\N=C(c3cccc(F)c3)OC2=O)cc1OC(F)F. The molecule has 0 N–H and O–H groups in total. The second-order valence-corrected chi connectivity index (χ2v) is 5.14. The first kappa shape index (κ1) is 17.5. The van der Waals surface area contributed by atoms with Crippen LogP contribution in [-0.4, -0.2) is 25.6 Å². The summed E-state index contributed by atoms with van der Waals surface area (Å²) >= 11 is 0. The van der Waals surface area contributed by atoms with Crippen LogP contribution in [0, 0.1) is 5.82 Å². The van der Waals surface area contributed by atoms with Crippen molar-refractivity contribution in [2.75, 3.05) is 7.11 Å². The highest BCUT2D eigenvalue weighted by molar-refractivity contribution is 6.12. The number of alkyl halides is 2. The molecule has 2 aromatic carbocycles. The van der Waals surface area contributed by atoms with Gasteiger partial charge in [-0.1, -0.05) is 12.1 Å². The zero-order valence-corrected chi connectivity index (χ0v) is 13.4. The zero-order chi connectivity index (χ0) is 18.7. The van der Waals surface area contributed by atoms with Gasteiger partial charge in [-0.25, -0.2) is 14.2 Å². The highest BCUT2D eigenvalue weighted by atomic mass is 19.3. The molecule has 0 saturated carbocycles. The van der Waals surface area contributed by atoms with Crippen molar-refractivity contribution >= 4 is 17.9 Å². The summed E-state index contributed by atoms with van der Waals surface area (Å²) in [7, 11) is 1.32. The number of methoxy groups -OCH3 is 1. The Bertz CT molecular complexity index is 909. The van der Waals surface area contributed by atoms with Crippen molar-refractivity contribution in [1.82, 2.24) is 0 Å². The van der Waals surface area contributed by atoms with Gasteiger partial charge >= 0.3 is 12.6 Å². The average Bonchev–Trinajstić information content (AvgIpc) is 2.95. The predicted octanol–water partition coefficient (Wildman–Crippen LogP) is 3.78. The number of esters is 1. The fourth-order valence-corrected chi connectivity index (χ4v) is 2.28. The highest BCUT2D eigenvalue weighted by Crippen LogP contribution is 2.31. The fourth-order valence-electron chi connectivity index (χ4n) is 2.28. The van der Waals surface area contributed by atoms with Crippen LogP contribution in [-0.2, 0) is 9.53 Å². The van der Waals surface area contributed by atoms with E-state index in [1.165, 1.54) is 49.6 Å². The molecule has 8 heteroatoms. The molecule has 1 heterocycles. The summed E-state index contributed by atoms with van der Waals surface area (Å²) in [6.45, 7) is -3.03. The normalized spacial score (nSPS) is 15.2. The first-order chi connectivity index (χ1) is 12.5. The molecule has 134 valence electrons. The molecule has 5 nitrogen and oxygen atoms in total. The Morgan fingerprint density at radius 3 is 2.65 bits per heavy atom. The van der Waals surface area contributed by atoms with Crippen LogP contribution in [0.25, 0.3) is 6.08 Å². The Labute approximate surface area is 146 Å². The molecule has 0 aromatic heterocycles. The van der Waals surface area contributed by atoms with Crippen LogP contribution in [0.2, 0.25) is 0 Å². The van der Waals surface area contributed by atoms with Crippen molar-refractivity contribution in [2.24, 2.45) is 4.99 Å². The van der Waals surface area contributed by atoms with E-state index in [2.05, 4.69) is 9.73 Å². The minimum atomic E-state index is -3.03. The zero-order valence-electron chi connectivity index (χ0n) is 13.4. The number of hydrogen-bond acceptors (Lipinski definition) is 5. The molecule has 0 bridgehead atoms. The number of carbonyl (C=O) groups is 1. The van der Waals surface area contributed by atoms with Crippen molar-refractivity contribution in [3.8, 4) is 11.5 Å². The summed E-state index contributed by atoms with van der Waals surface area (Å²) in [5.41, 5.74) is 0.619. The third kappa shape index (κ3) is 3.85. The summed E-state index contributed by atoms with van der Waals surface area (Å²) in [6.07, 6.45) is 1.34. The standard InChI is InChI=1S/C18H12F3NO4/c1-24-14-6-5-10(8-15(14)25-18(20)21)7-13-17(23)26-16(22-13)11-3-2-4-12(19)9-11/h2-9,18H,1H3/b13-7-. The van der Waals surface area contributed by atoms with Gasteiger partial charge in [0.05, 0.1) is 7.11 Å². The van der Waals surface area contributed by atoms with Crippen molar-refractivity contribution in [3.63, 3.8) is 0 Å². The number of ether oxygens (including phenoxy) is 3. The molecule has 1 aliphatic rings. The van der Waals surface area contributed by atoms with Crippen LogP contribution >= 0.6 is 0 Å². The third-order valence-electron chi connectivity index (χ3n) is 3.40. The Balaban J connectivity index is 1.93. The molecular weight excluding hydrogens is 351 g/mol. The number of halogens is 3. The maximum absolute atomic E-state index is 13.3. The van der Waals surface area contributed by atoms with Gasteiger partial charge in [0.2, 0.25) is 5.90 Å². The summed E-state index contributed by atoms with van der Waals surface area (Å²) < 4.78 is 52.6. The second kappa shape index (κ2) is 7.30. The molecule has 2 aromatic rings. The quantitative estimate of drug-likeness (QED) is 0.599. The molecule has 0 fully saturated rings. The van der Waals surface area contributed by atoms with Gasteiger partial charge in [0.25, 0.3) is 0 Å². The smallest absolute Gasteiger partial charge is 0.387 e. The lowest BCUT2D eigenvalue weighted by Crippen LogP contribution is -2.05. The monoisotopic (exact) mass is 363 g/mol. The van der Waals surface area contributed by atoms with Gasteiger partial charge in [0.1, 0.15) is 5.82 Å². The average molecular weight is 363 g/mol. The van der Waals surface area contributed by atoms with E-state index in [0.29, 0.717) is 11.1 Å². The summed E-state index contributed by atoms with van der Waals surface area (Å²) in [5.74, 6) is -1.35. The number of aliphatic imine (C=N–C) groups is 1. The summed E-state index contributed by atoms with van der Waals surface area (Å²) in [4.78, 5) is 16.0. The lowest BCUT2D eigenvalue weighted by atomic mass is 10.1. The second-order valence-electron chi connectivity index (χ2n) is 5.14. The van der Waals surface area contributed by atoms with Gasteiger partial charge in [-0.3, -0.25) is 0 Å². The van der Waals surface area contributed by atoms with Crippen LogP contribution in [0.1, 0.15) is 11.1 Å². The Morgan fingerprint density at radius 1 is 1.15 bits per heavy atom. The lowest BCUT2D eigenvalue weighted by molar-refractivity contribution is -0.129. The minimum absolute atomic E-state index is 0.0432. The maximum atomic E-state index is 13.3. The number of carbonyl (C=O) groups excluding carboxylic acids is 1. The number of rotatable bonds is 5. The number of cyclic esters (lactones) is 1.